The van der Waals surface area contributed by atoms with E-state index >= 15 is 0 Å². The van der Waals surface area contributed by atoms with Crippen molar-refractivity contribution in [1.82, 2.24) is 0 Å². The molecular formula is H2I4P3-. The second-order valence-electron chi connectivity index (χ2n) is 0.775. The van der Waals surface area contributed by atoms with Crippen LogP contribution in [0.4, 0.5) is 0 Å². The van der Waals surface area contributed by atoms with Gasteiger partial charge in [-0.05, 0) is 0 Å². The average Bonchev–Trinajstić information content (AvgIpc) is 1.60. The molecule has 0 saturated heterocycles. The Kier molecular flexibility index (Phi) is 4.19. The second-order valence-corrected chi connectivity index (χ2v) is 72.4. The van der Waals surface area contributed by atoms with Crippen molar-refractivity contribution in [1.29, 1.82) is 2.56 Å². The molecule has 0 nitrogen and oxygen atoms in total. The third kappa shape index (κ3) is 10.2. The van der Waals surface area contributed by atoms with Gasteiger partial charge in [-0.2, -0.15) is 0 Å². The first-order chi connectivity index (χ1) is 3.74. The van der Waals surface area contributed by atoms with Crippen molar-refractivity contribution < 1.29 is 0 Å². The molecule has 0 saturated carbocycles. The van der Waals surface area contributed by atoms with Crippen molar-refractivity contribution >= 4 is 102 Å². The van der Waals surface area contributed by atoms with E-state index in [4.69, 9.17) is 2.56 Å². The first-order valence-electron chi connectivity index (χ1n) is 1.97. The Balaban J connectivity index is 4.16. The van der Waals surface area contributed by atoms with Crippen molar-refractivity contribution in [3.8, 4) is 0 Å². The van der Waals surface area contributed by atoms with Gasteiger partial charge in [0, 0.05) is 0 Å². The summed E-state index contributed by atoms with van der Waals surface area (Å²) in [4.78, 5) is 0. The summed E-state index contributed by atoms with van der Waals surface area (Å²) >= 11 is 9.37. The SMILES string of the molecule is [2H][P-]P([3H])P(I)(I)(I)I. The van der Waals surface area contributed by atoms with Crippen LogP contribution in [0.3, 0.4) is 0 Å². The summed E-state index contributed by atoms with van der Waals surface area (Å²) in [5.74, 6) is 0. The summed E-state index contributed by atoms with van der Waals surface area (Å²) in [5, 5.41) is 0. The van der Waals surface area contributed by atoms with Crippen LogP contribution in [0.1, 0.15) is 0 Å². The fraction of sp³-hybridized carbons (Fsp3) is 0. The Morgan fingerprint density at radius 2 is 2.14 bits per heavy atom. The molecule has 46 valence electrons. The van der Waals surface area contributed by atoms with Crippen molar-refractivity contribution in [2.75, 3.05) is 0 Å². The first-order valence-corrected chi connectivity index (χ1v) is 17.2. The number of hydrogen-bond acceptors (Lipinski definition) is 0. The summed E-state index contributed by atoms with van der Waals surface area (Å²) in [6, 6.07) is 0. The zero-order valence-electron chi connectivity index (χ0n) is 4.85. The van der Waals surface area contributed by atoms with Gasteiger partial charge in [0.05, 0.1) is 0 Å². The summed E-state index contributed by atoms with van der Waals surface area (Å²) in [5.41, 5.74) is 0. The summed E-state index contributed by atoms with van der Waals surface area (Å²) < 4.78 is 12.8. The molecule has 0 amide bonds. The maximum absolute atomic E-state index is 7.56. The topological polar surface area (TPSA) is 0 Å². The Hall–Kier alpha value is 4.21. The normalized spacial score (nSPS) is 28.3. The molecule has 7 heteroatoms. The molecule has 7 heavy (non-hydrogen) atoms. The molecule has 0 aromatic carbocycles. The molecule has 0 rings (SSSR count). The van der Waals surface area contributed by atoms with Gasteiger partial charge >= 0.3 is 104 Å². The van der Waals surface area contributed by atoms with Gasteiger partial charge in [0.2, 0.25) is 0 Å². The van der Waals surface area contributed by atoms with Crippen LogP contribution in [0.25, 0.3) is 0 Å². The van der Waals surface area contributed by atoms with E-state index in [2.05, 4.69) is 88.2 Å². The van der Waals surface area contributed by atoms with Gasteiger partial charge in [-0.15, -0.1) is 0 Å². The van der Waals surface area contributed by atoms with Gasteiger partial charge in [-0.3, -0.25) is 0 Å². The van der Waals surface area contributed by atoms with E-state index in [-0.39, 0.29) is 0 Å². The zero-order valence-corrected chi connectivity index (χ0v) is 14.2. The van der Waals surface area contributed by atoms with E-state index in [1.54, 1.807) is 0 Å². The molecule has 0 aliphatic heterocycles. The van der Waals surface area contributed by atoms with Gasteiger partial charge in [-0.25, -0.2) is 0 Å². The van der Waals surface area contributed by atoms with Crippen LogP contribution in [-0.2, 0) is 0 Å². The molecule has 1 unspecified atom stereocenters. The Morgan fingerprint density at radius 1 is 1.71 bits per heavy atom. The maximum atomic E-state index is 7.56. The van der Waals surface area contributed by atoms with Crippen LogP contribution >= 0.6 is 102 Å². The molecule has 0 heterocycles. The van der Waals surface area contributed by atoms with Crippen LogP contribution in [0.15, 0.2) is 0 Å². The van der Waals surface area contributed by atoms with E-state index in [9.17, 15) is 0 Å². The molecule has 0 aromatic rings. The third-order valence-corrected chi connectivity index (χ3v) is 24.5. The van der Waals surface area contributed by atoms with Gasteiger partial charge in [-0.1, -0.05) is 0 Å². The van der Waals surface area contributed by atoms with E-state index in [0.29, 0.717) is 8.87 Å². The molecule has 0 aromatic heterocycles. The van der Waals surface area contributed by atoms with Gasteiger partial charge in [0.25, 0.3) is 0 Å². The Labute approximate surface area is 102 Å². The van der Waals surface area contributed by atoms with Crippen molar-refractivity contribution in [2.45, 2.75) is 0 Å². The number of halogens is 4. The predicted octanol–water partition coefficient (Wildman–Crippen LogP) is 5.59. The minimum atomic E-state index is -1.80. The zero-order chi connectivity index (χ0) is 7.73. The fourth-order valence-electron chi connectivity index (χ4n) is 0. The molecule has 0 N–H and O–H groups in total. The minimum absolute atomic E-state index is 0.502. The summed E-state index contributed by atoms with van der Waals surface area (Å²) in [6.07, 6.45) is 0. The second kappa shape index (κ2) is 3.74. The molecule has 0 bridgehead atoms. The van der Waals surface area contributed by atoms with Gasteiger partial charge < -0.3 is 0 Å². The molecule has 0 fully saturated rings. The standard InChI is InChI=1S/H2I4P3/c1-7(2,3,4)6-5/h5-6H/q-1/i5D,6T. The Bertz CT molecular complexity index is 96.9. The van der Waals surface area contributed by atoms with E-state index < -0.39 is 4.76 Å². The van der Waals surface area contributed by atoms with Gasteiger partial charge in [0.15, 0.2) is 0 Å². The average molecular weight is 606 g/mol. The quantitative estimate of drug-likeness (QED) is 0.285. The van der Waals surface area contributed by atoms with Crippen molar-refractivity contribution in [3.05, 3.63) is 0 Å². The third-order valence-electron chi connectivity index (χ3n) is 0.135. The summed E-state index contributed by atoms with van der Waals surface area (Å²) in [7, 11) is -0.334. The van der Waals surface area contributed by atoms with Gasteiger partial charge in [0.1, 0.15) is 0 Å². The van der Waals surface area contributed by atoms with Crippen molar-refractivity contribution in [2.24, 2.45) is 0 Å². The molecule has 0 spiro atoms. The van der Waals surface area contributed by atoms with E-state index in [0.717, 1.165) is 0 Å². The van der Waals surface area contributed by atoms with Crippen LogP contribution in [0.2, 0.25) is 0 Å². The molecular weight excluding hydrogens is 601 g/mol. The predicted molar refractivity (Wildman–Crippen MR) is 79.6 cm³/mol. The molecule has 0 aliphatic carbocycles. The monoisotopic (exact) mass is 606 g/mol. The van der Waals surface area contributed by atoms with Crippen LogP contribution in [0.5, 0.6) is 0 Å². The number of hydrogen-bond donors (Lipinski definition) is 0. The van der Waals surface area contributed by atoms with E-state index in [1.165, 1.54) is 0 Å². The number of rotatable bonds is 2. The molecule has 1 atom stereocenters. The van der Waals surface area contributed by atoms with Crippen LogP contribution < -0.4 is 0 Å². The van der Waals surface area contributed by atoms with Crippen LogP contribution in [0, 0.1) is 0 Å². The fourth-order valence-corrected chi connectivity index (χ4v) is 0. The van der Waals surface area contributed by atoms with Crippen molar-refractivity contribution in [3.63, 3.8) is 0 Å². The van der Waals surface area contributed by atoms with Crippen LogP contribution in [-0.4, -0.2) is 2.56 Å². The molecule has 0 radical (unpaired) electrons. The first kappa shape index (κ1) is 7.84. The molecule has 0 aliphatic rings. The van der Waals surface area contributed by atoms with E-state index in [1.807, 2.05) is 0 Å². The Morgan fingerprint density at radius 3 is 2.14 bits per heavy atom. The summed E-state index contributed by atoms with van der Waals surface area (Å²) in [6.45, 7) is 0.